The number of halogens is 1. The van der Waals surface area contributed by atoms with E-state index >= 15 is 0 Å². The van der Waals surface area contributed by atoms with Crippen LogP contribution in [-0.2, 0) is 11.3 Å². The number of nitrogens with zero attached hydrogens (tertiary/aromatic N) is 4. The van der Waals surface area contributed by atoms with E-state index < -0.39 is 0 Å². The van der Waals surface area contributed by atoms with Gasteiger partial charge in [0.2, 0.25) is 5.82 Å². The van der Waals surface area contributed by atoms with Crippen LogP contribution in [0.2, 0.25) is 0 Å². The maximum atomic E-state index is 5.29. The molecule has 0 aliphatic rings. The number of aliphatic imine (C=N–C) groups is 1. The predicted octanol–water partition coefficient (Wildman–Crippen LogP) is 1.71. The molecular formula is C17H30IN7O2. The van der Waals surface area contributed by atoms with Gasteiger partial charge in [0.15, 0.2) is 11.7 Å². The largest absolute Gasteiger partial charge is 0.461 e. The van der Waals surface area contributed by atoms with Gasteiger partial charge in [0, 0.05) is 39.9 Å². The van der Waals surface area contributed by atoms with Crippen molar-refractivity contribution in [2.75, 3.05) is 46.9 Å². The number of likely N-dealkylation sites (N-methyl/N-ethyl adjacent to an activating group) is 1. The van der Waals surface area contributed by atoms with Gasteiger partial charge in [-0.3, -0.25) is 5.10 Å². The number of ether oxygens (including phenoxy) is 1. The van der Waals surface area contributed by atoms with Crippen LogP contribution >= 0.6 is 24.0 Å². The Morgan fingerprint density at radius 2 is 2.22 bits per heavy atom. The Morgan fingerprint density at radius 3 is 2.93 bits per heavy atom. The summed E-state index contributed by atoms with van der Waals surface area (Å²) in [6.07, 6.45) is 2.63. The first-order chi connectivity index (χ1) is 12.7. The van der Waals surface area contributed by atoms with Crippen LogP contribution in [0.4, 0.5) is 0 Å². The zero-order valence-corrected chi connectivity index (χ0v) is 18.5. The Bertz CT molecular complexity index is 646. The second-order valence-corrected chi connectivity index (χ2v) is 5.85. The summed E-state index contributed by atoms with van der Waals surface area (Å²) < 4.78 is 10.4. The molecule has 2 aromatic rings. The average Bonchev–Trinajstić information content (AvgIpc) is 3.31. The third kappa shape index (κ3) is 8.71. The maximum Gasteiger partial charge on any atom is 0.216 e. The van der Waals surface area contributed by atoms with Crippen molar-refractivity contribution in [2.45, 2.75) is 19.9 Å². The van der Waals surface area contributed by atoms with Gasteiger partial charge in [-0.1, -0.05) is 0 Å². The highest BCUT2D eigenvalue weighted by molar-refractivity contribution is 14.0. The fraction of sp³-hybridized carbons (Fsp3) is 0.588. The predicted molar refractivity (Wildman–Crippen MR) is 116 cm³/mol. The molecule has 0 atom stereocenters. The van der Waals surface area contributed by atoms with Crippen molar-refractivity contribution in [3.05, 3.63) is 24.2 Å². The molecule has 2 rings (SSSR count). The minimum Gasteiger partial charge on any atom is -0.461 e. The van der Waals surface area contributed by atoms with Gasteiger partial charge >= 0.3 is 0 Å². The van der Waals surface area contributed by atoms with Crippen molar-refractivity contribution >= 4 is 29.9 Å². The number of methoxy groups -OCH3 is 1. The Morgan fingerprint density at radius 1 is 1.37 bits per heavy atom. The van der Waals surface area contributed by atoms with Crippen LogP contribution < -0.4 is 10.6 Å². The van der Waals surface area contributed by atoms with Crippen molar-refractivity contribution in [2.24, 2.45) is 4.99 Å². The first kappa shape index (κ1) is 23.4. The van der Waals surface area contributed by atoms with Crippen LogP contribution in [0.5, 0.6) is 0 Å². The van der Waals surface area contributed by atoms with E-state index in [2.05, 4.69) is 42.8 Å². The van der Waals surface area contributed by atoms with Gasteiger partial charge in [-0.25, -0.2) is 9.98 Å². The molecule has 2 heterocycles. The molecule has 0 unspecified atom stereocenters. The summed E-state index contributed by atoms with van der Waals surface area (Å²) in [5, 5.41) is 13.6. The van der Waals surface area contributed by atoms with Crippen LogP contribution in [0.1, 0.15) is 19.2 Å². The number of hydrogen-bond acceptors (Lipinski definition) is 6. The molecule has 0 aromatic carbocycles. The van der Waals surface area contributed by atoms with E-state index in [-0.39, 0.29) is 24.0 Å². The smallest absolute Gasteiger partial charge is 0.216 e. The van der Waals surface area contributed by atoms with Crippen molar-refractivity contribution in [1.82, 2.24) is 30.7 Å². The van der Waals surface area contributed by atoms with Crippen molar-refractivity contribution in [1.29, 1.82) is 0 Å². The summed E-state index contributed by atoms with van der Waals surface area (Å²) in [4.78, 5) is 11.2. The monoisotopic (exact) mass is 491 g/mol. The van der Waals surface area contributed by atoms with Gasteiger partial charge in [-0.15, -0.1) is 29.1 Å². The zero-order chi connectivity index (χ0) is 18.6. The van der Waals surface area contributed by atoms with Gasteiger partial charge < -0.3 is 24.7 Å². The molecule has 0 saturated heterocycles. The molecule has 27 heavy (non-hydrogen) atoms. The Kier molecular flexibility index (Phi) is 11.7. The van der Waals surface area contributed by atoms with Crippen molar-refractivity contribution in [3.63, 3.8) is 0 Å². The second-order valence-electron chi connectivity index (χ2n) is 5.85. The van der Waals surface area contributed by atoms with E-state index in [9.17, 15) is 0 Å². The lowest BCUT2D eigenvalue weighted by molar-refractivity contribution is 0.180. The van der Waals surface area contributed by atoms with Crippen molar-refractivity contribution in [3.8, 4) is 11.6 Å². The van der Waals surface area contributed by atoms with Crippen LogP contribution in [-0.4, -0.2) is 73.0 Å². The normalized spacial score (nSPS) is 11.5. The molecule has 0 saturated carbocycles. The third-order valence-electron chi connectivity index (χ3n) is 3.68. The summed E-state index contributed by atoms with van der Waals surface area (Å²) in [5.41, 5.74) is 0. The van der Waals surface area contributed by atoms with Crippen LogP contribution in [0.15, 0.2) is 27.8 Å². The van der Waals surface area contributed by atoms with Gasteiger partial charge in [0.25, 0.3) is 0 Å². The summed E-state index contributed by atoms with van der Waals surface area (Å²) >= 11 is 0. The van der Waals surface area contributed by atoms with Crippen LogP contribution in [0.3, 0.4) is 0 Å². The van der Waals surface area contributed by atoms with Crippen LogP contribution in [0, 0.1) is 0 Å². The molecule has 0 spiro atoms. The minimum absolute atomic E-state index is 0. The molecule has 2 aromatic heterocycles. The van der Waals surface area contributed by atoms with E-state index in [1.54, 1.807) is 13.4 Å². The molecular weight excluding hydrogens is 461 g/mol. The number of furan rings is 1. The molecule has 3 N–H and O–H groups in total. The first-order valence-electron chi connectivity index (χ1n) is 8.87. The number of guanidine groups is 1. The molecule has 10 heteroatoms. The molecule has 9 nitrogen and oxygen atoms in total. The van der Waals surface area contributed by atoms with E-state index in [0.29, 0.717) is 24.0 Å². The fourth-order valence-corrected chi connectivity index (χ4v) is 2.33. The number of nitrogens with one attached hydrogen (secondary N) is 3. The highest BCUT2D eigenvalue weighted by Crippen LogP contribution is 2.14. The Balaban J connectivity index is 0.00000364. The topological polar surface area (TPSA) is 104 Å². The lowest BCUT2D eigenvalue weighted by Crippen LogP contribution is -2.41. The molecule has 0 aliphatic carbocycles. The highest BCUT2D eigenvalue weighted by Gasteiger charge is 2.08. The number of aromatic nitrogens is 3. The molecule has 0 fully saturated rings. The van der Waals surface area contributed by atoms with Gasteiger partial charge in [-0.05, 0) is 32.5 Å². The van der Waals surface area contributed by atoms with E-state index in [0.717, 1.165) is 45.2 Å². The Labute approximate surface area is 177 Å². The van der Waals surface area contributed by atoms with E-state index in [1.807, 2.05) is 19.1 Å². The maximum absolute atomic E-state index is 5.29. The highest BCUT2D eigenvalue weighted by atomic mass is 127. The first-order valence-corrected chi connectivity index (χ1v) is 8.87. The molecule has 0 amide bonds. The lowest BCUT2D eigenvalue weighted by atomic mass is 10.4. The zero-order valence-electron chi connectivity index (χ0n) is 16.2. The summed E-state index contributed by atoms with van der Waals surface area (Å²) in [6, 6.07) is 3.63. The molecule has 152 valence electrons. The Hall–Kier alpha value is -1.66. The average molecular weight is 491 g/mol. The third-order valence-corrected chi connectivity index (χ3v) is 3.68. The van der Waals surface area contributed by atoms with Gasteiger partial charge in [0.05, 0.1) is 6.26 Å². The number of hydrogen-bond donors (Lipinski definition) is 3. The summed E-state index contributed by atoms with van der Waals surface area (Å²) in [6.45, 7) is 6.78. The minimum atomic E-state index is 0. The molecule has 0 radical (unpaired) electrons. The SMILES string of the molecule is CCNC(=NCc1nc(-c2ccco2)n[nH]1)NCCN(C)CCCOC.I. The van der Waals surface area contributed by atoms with Gasteiger partial charge in [0.1, 0.15) is 12.4 Å². The standard InChI is InChI=1S/C17H29N7O2.HI/c1-4-18-17(19-8-10-24(2)9-6-11-25-3)20-13-15-21-16(23-22-15)14-7-5-12-26-14;/h5,7,12H,4,6,8-11,13H2,1-3H3,(H2,18,19,20)(H,21,22,23);1H. The van der Waals surface area contributed by atoms with Gasteiger partial charge in [-0.2, -0.15) is 0 Å². The van der Waals surface area contributed by atoms with Crippen LogP contribution in [0.25, 0.3) is 11.6 Å². The molecule has 0 bridgehead atoms. The quantitative estimate of drug-likeness (QED) is 0.190. The summed E-state index contributed by atoms with van der Waals surface area (Å²) in [7, 11) is 3.83. The number of rotatable bonds is 11. The summed E-state index contributed by atoms with van der Waals surface area (Å²) in [5.74, 6) is 2.62. The van der Waals surface area contributed by atoms with E-state index in [4.69, 9.17) is 9.15 Å². The molecule has 0 aliphatic heterocycles. The van der Waals surface area contributed by atoms with Crippen molar-refractivity contribution < 1.29 is 9.15 Å². The number of aromatic amines is 1. The number of H-pyrrole nitrogens is 1. The van der Waals surface area contributed by atoms with E-state index in [1.165, 1.54) is 0 Å². The lowest BCUT2D eigenvalue weighted by Gasteiger charge is -2.18. The fourth-order valence-electron chi connectivity index (χ4n) is 2.33. The second kappa shape index (κ2) is 13.5.